The highest BCUT2D eigenvalue weighted by atomic mass is 16.3. The average Bonchev–Trinajstić information content (AvgIpc) is 2.70. The second kappa shape index (κ2) is 6.07. The highest BCUT2D eigenvalue weighted by Gasteiger charge is 2.11. The summed E-state index contributed by atoms with van der Waals surface area (Å²) in [5, 5.41) is 12.3. The highest BCUT2D eigenvalue weighted by Crippen LogP contribution is 2.23. The van der Waals surface area contributed by atoms with Crippen molar-refractivity contribution in [2.24, 2.45) is 5.11 Å². The summed E-state index contributed by atoms with van der Waals surface area (Å²) >= 11 is 0. The largest absolute Gasteiger partial charge is 0.469 e. The molecule has 0 aromatic carbocycles. The van der Waals surface area contributed by atoms with E-state index >= 15 is 0 Å². The van der Waals surface area contributed by atoms with Crippen LogP contribution in [0.4, 0.5) is 0 Å². The maximum absolute atomic E-state index is 8.61. The molecule has 0 spiro atoms. The van der Waals surface area contributed by atoms with Gasteiger partial charge in [0.1, 0.15) is 5.76 Å². The van der Waals surface area contributed by atoms with Crippen molar-refractivity contribution in [1.29, 1.82) is 0 Å². The molecule has 1 aromatic heterocycles. The molecular formula is C9H13N3O2. The van der Waals surface area contributed by atoms with Crippen molar-refractivity contribution >= 4 is 0 Å². The van der Waals surface area contributed by atoms with Crippen molar-refractivity contribution in [2.75, 3.05) is 6.61 Å². The van der Waals surface area contributed by atoms with Crippen LogP contribution in [0, 0.1) is 0 Å². The van der Waals surface area contributed by atoms with Crippen LogP contribution in [-0.4, -0.2) is 11.7 Å². The number of rotatable bonds is 6. The number of aliphatic hydroxyl groups excluding tert-OH is 1. The number of hydrogen-bond donors (Lipinski definition) is 1. The van der Waals surface area contributed by atoms with E-state index in [-0.39, 0.29) is 12.6 Å². The topological polar surface area (TPSA) is 82.1 Å². The quantitative estimate of drug-likeness (QED) is 0.327. The van der Waals surface area contributed by atoms with Gasteiger partial charge in [0, 0.05) is 11.5 Å². The van der Waals surface area contributed by atoms with Gasteiger partial charge in [-0.25, -0.2) is 0 Å². The SMILES string of the molecule is [N-]=[N+]=NC(CCCCO)c1ccco1. The molecule has 76 valence electrons. The number of aliphatic hydroxyl groups is 1. The van der Waals surface area contributed by atoms with Crippen LogP contribution in [0.2, 0.25) is 0 Å². The highest BCUT2D eigenvalue weighted by molar-refractivity contribution is 5.04. The molecule has 1 unspecified atom stereocenters. The van der Waals surface area contributed by atoms with Crippen molar-refractivity contribution in [3.63, 3.8) is 0 Å². The van der Waals surface area contributed by atoms with Crippen LogP contribution in [0.1, 0.15) is 31.1 Å². The van der Waals surface area contributed by atoms with Crippen molar-refractivity contribution in [1.82, 2.24) is 0 Å². The lowest BCUT2D eigenvalue weighted by atomic mass is 10.1. The van der Waals surface area contributed by atoms with Gasteiger partial charge in [-0.3, -0.25) is 0 Å². The van der Waals surface area contributed by atoms with Gasteiger partial charge in [0.25, 0.3) is 0 Å². The second-order valence-corrected chi connectivity index (χ2v) is 2.96. The van der Waals surface area contributed by atoms with Crippen LogP contribution in [-0.2, 0) is 0 Å². The van der Waals surface area contributed by atoms with Crippen LogP contribution in [0.3, 0.4) is 0 Å². The second-order valence-electron chi connectivity index (χ2n) is 2.96. The maximum Gasteiger partial charge on any atom is 0.112 e. The van der Waals surface area contributed by atoms with E-state index in [2.05, 4.69) is 10.0 Å². The first kappa shape index (κ1) is 10.6. The van der Waals surface area contributed by atoms with Gasteiger partial charge in [0.15, 0.2) is 0 Å². The first-order valence-electron chi connectivity index (χ1n) is 4.57. The maximum atomic E-state index is 8.61. The molecule has 0 aliphatic heterocycles. The summed E-state index contributed by atoms with van der Waals surface area (Å²) in [4.78, 5) is 2.77. The Morgan fingerprint density at radius 3 is 3.00 bits per heavy atom. The first-order chi connectivity index (χ1) is 6.88. The van der Waals surface area contributed by atoms with Crippen molar-refractivity contribution in [2.45, 2.75) is 25.3 Å². The fourth-order valence-corrected chi connectivity index (χ4v) is 1.25. The van der Waals surface area contributed by atoms with E-state index in [9.17, 15) is 0 Å². The fourth-order valence-electron chi connectivity index (χ4n) is 1.25. The minimum Gasteiger partial charge on any atom is -0.469 e. The molecule has 0 radical (unpaired) electrons. The molecular weight excluding hydrogens is 182 g/mol. The van der Waals surface area contributed by atoms with Crippen LogP contribution in [0.25, 0.3) is 10.4 Å². The fraction of sp³-hybridized carbons (Fsp3) is 0.556. The molecule has 0 amide bonds. The molecule has 5 nitrogen and oxygen atoms in total. The summed E-state index contributed by atoms with van der Waals surface area (Å²) in [6, 6.07) is 3.31. The van der Waals surface area contributed by atoms with Crippen molar-refractivity contribution < 1.29 is 9.52 Å². The molecule has 1 N–H and O–H groups in total. The Labute approximate surface area is 82.0 Å². The van der Waals surface area contributed by atoms with E-state index < -0.39 is 0 Å². The third-order valence-corrected chi connectivity index (χ3v) is 1.95. The Morgan fingerprint density at radius 1 is 1.57 bits per heavy atom. The summed E-state index contributed by atoms with van der Waals surface area (Å²) < 4.78 is 5.15. The van der Waals surface area contributed by atoms with Crippen molar-refractivity contribution in [3.05, 3.63) is 34.6 Å². The van der Waals surface area contributed by atoms with Gasteiger partial charge >= 0.3 is 0 Å². The van der Waals surface area contributed by atoms with E-state index in [1.807, 2.05) is 0 Å². The predicted octanol–water partition coefficient (Wildman–Crippen LogP) is 2.79. The lowest BCUT2D eigenvalue weighted by Crippen LogP contribution is -1.94. The third-order valence-electron chi connectivity index (χ3n) is 1.95. The van der Waals surface area contributed by atoms with E-state index in [1.165, 1.54) is 0 Å². The van der Waals surface area contributed by atoms with Gasteiger partial charge in [0.05, 0.1) is 12.3 Å². The van der Waals surface area contributed by atoms with Gasteiger partial charge in [-0.05, 0) is 30.5 Å². The molecule has 0 aliphatic carbocycles. The Balaban J connectivity index is 2.52. The van der Waals surface area contributed by atoms with E-state index in [0.29, 0.717) is 12.2 Å². The van der Waals surface area contributed by atoms with Crippen LogP contribution in [0.5, 0.6) is 0 Å². The first-order valence-corrected chi connectivity index (χ1v) is 4.57. The zero-order valence-corrected chi connectivity index (χ0v) is 7.83. The average molecular weight is 195 g/mol. The molecule has 5 heteroatoms. The van der Waals surface area contributed by atoms with Gasteiger partial charge < -0.3 is 9.52 Å². The Bertz CT molecular complexity index is 291. The smallest absolute Gasteiger partial charge is 0.112 e. The summed E-state index contributed by atoms with van der Waals surface area (Å²) in [5.41, 5.74) is 8.36. The lowest BCUT2D eigenvalue weighted by Gasteiger charge is -2.06. The molecule has 0 bridgehead atoms. The van der Waals surface area contributed by atoms with E-state index in [4.69, 9.17) is 15.1 Å². The monoisotopic (exact) mass is 195 g/mol. The van der Waals surface area contributed by atoms with Gasteiger partial charge in [0.2, 0.25) is 0 Å². The van der Waals surface area contributed by atoms with Gasteiger partial charge in [-0.15, -0.1) is 0 Å². The Kier molecular flexibility index (Phi) is 4.61. The number of furan rings is 1. The molecule has 14 heavy (non-hydrogen) atoms. The molecule has 1 aromatic rings. The molecule has 0 fully saturated rings. The number of nitrogens with zero attached hydrogens (tertiary/aromatic N) is 3. The van der Waals surface area contributed by atoms with E-state index in [1.54, 1.807) is 18.4 Å². The third kappa shape index (κ3) is 3.12. The minimum absolute atomic E-state index is 0.168. The summed E-state index contributed by atoms with van der Waals surface area (Å²) in [5.74, 6) is 0.681. The Morgan fingerprint density at radius 2 is 2.43 bits per heavy atom. The standard InChI is InChI=1S/C9H13N3O2/c10-12-11-8(4-1-2-6-13)9-5-3-7-14-9/h3,5,7-8,13H,1-2,4,6H2. The normalized spacial score (nSPS) is 12.1. The number of unbranched alkanes of at least 4 members (excludes halogenated alkanes) is 1. The predicted molar refractivity (Wildman–Crippen MR) is 51.5 cm³/mol. The summed E-state index contributed by atoms with van der Waals surface area (Å²) in [6.07, 6.45) is 3.80. The molecule has 1 rings (SSSR count). The number of azide groups is 1. The molecule has 0 saturated heterocycles. The van der Waals surface area contributed by atoms with Crippen molar-refractivity contribution in [3.8, 4) is 0 Å². The molecule has 0 aliphatic rings. The van der Waals surface area contributed by atoms with Crippen LogP contribution >= 0.6 is 0 Å². The van der Waals surface area contributed by atoms with Gasteiger partial charge in [-0.1, -0.05) is 11.5 Å². The zero-order chi connectivity index (χ0) is 10.2. The lowest BCUT2D eigenvalue weighted by molar-refractivity contribution is 0.280. The van der Waals surface area contributed by atoms with Crippen LogP contribution < -0.4 is 0 Å². The summed E-state index contributed by atoms with van der Waals surface area (Å²) in [7, 11) is 0. The van der Waals surface area contributed by atoms with Gasteiger partial charge in [-0.2, -0.15) is 0 Å². The van der Waals surface area contributed by atoms with Crippen LogP contribution in [0.15, 0.2) is 27.9 Å². The number of hydrogen-bond acceptors (Lipinski definition) is 3. The Hall–Kier alpha value is -1.45. The molecule has 0 saturated carbocycles. The molecule has 1 atom stereocenters. The molecule has 1 heterocycles. The zero-order valence-electron chi connectivity index (χ0n) is 7.83. The summed E-state index contributed by atoms with van der Waals surface area (Å²) in [6.45, 7) is 0.168. The van der Waals surface area contributed by atoms with E-state index in [0.717, 1.165) is 12.8 Å². The minimum atomic E-state index is -0.249.